The lowest BCUT2D eigenvalue weighted by Gasteiger charge is -2.15. The fraction of sp³-hybridized carbons (Fsp3) is 0.529. The Morgan fingerprint density at radius 3 is 2.84 bits per heavy atom. The van der Waals surface area contributed by atoms with Gasteiger partial charge in [-0.2, -0.15) is 0 Å². The maximum atomic E-state index is 5.66. The molecule has 0 bridgehead atoms. The first-order valence-corrected chi connectivity index (χ1v) is 7.33. The van der Waals surface area contributed by atoms with E-state index in [0.717, 1.165) is 12.3 Å². The van der Waals surface area contributed by atoms with Crippen LogP contribution in [0.5, 0.6) is 5.75 Å². The summed E-state index contributed by atoms with van der Waals surface area (Å²) in [4.78, 5) is 0. The Morgan fingerprint density at radius 2 is 2.11 bits per heavy atom. The van der Waals surface area contributed by atoms with E-state index in [-0.39, 0.29) is 0 Å². The average molecular weight is 261 g/mol. The van der Waals surface area contributed by atoms with E-state index in [9.17, 15) is 0 Å². The molecule has 2 heteroatoms. The summed E-state index contributed by atoms with van der Waals surface area (Å²) in [6.45, 7) is 9.60. The minimum Gasteiger partial charge on any atom is -0.489 e. The number of ether oxygens (including phenoxy) is 1. The van der Waals surface area contributed by atoms with Gasteiger partial charge in [0.05, 0.1) is 0 Å². The fourth-order valence-electron chi connectivity index (χ4n) is 2.03. The zero-order chi connectivity index (χ0) is 13.9. The molecule has 0 aliphatic carbocycles. The summed E-state index contributed by atoms with van der Waals surface area (Å²) in [5, 5.41) is 3.57. The molecule has 1 aromatic rings. The molecule has 0 spiro atoms. The van der Waals surface area contributed by atoms with Crippen molar-refractivity contribution in [1.29, 1.82) is 0 Å². The lowest BCUT2D eigenvalue weighted by Crippen LogP contribution is -2.25. The minimum absolute atomic E-state index is 0.555. The van der Waals surface area contributed by atoms with Gasteiger partial charge in [0.15, 0.2) is 0 Å². The van der Waals surface area contributed by atoms with Crippen LogP contribution >= 0.6 is 0 Å². The summed E-state index contributed by atoms with van der Waals surface area (Å²) in [6, 6.07) is 8.75. The van der Waals surface area contributed by atoms with Crippen LogP contribution in [0, 0.1) is 0 Å². The topological polar surface area (TPSA) is 21.3 Å². The van der Waals surface area contributed by atoms with Crippen molar-refractivity contribution in [3.63, 3.8) is 0 Å². The van der Waals surface area contributed by atoms with Crippen molar-refractivity contribution in [3.8, 4) is 5.75 Å². The number of unbranched alkanes of at least 4 members (excludes halogenated alkanes) is 2. The highest BCUT2D eigenvalue weighted by Crippen LogP contribution is 2.18. The predicted molar refractivity (Wildman–Crippen MR) is 82.6 cm³/mol. The van der Waals surface area contributed by atoms with E-state index < -0.39 is 0 Å². The molecule has 0 aromatic heterocycles. The van der Waals surface area contributed by atoms with Gasteiger partial charge in [-0.1, -0.05) is 57.0 Å². The van der Waals surface area contributed by atoms with Crippen LogP contribution in [-0.2, 0) is 6.54 Å². The van der Waals surface area contributed by atoms with Crippen molar-refractivity contribution in [1.82, 2.24) is 5.32 Å². The highest BCUT2D eigenvalue weighted by atomic mass is 16.5. The first kappa shape index (κ1) is 15.8. The molecular formula is C17H27NO. The second-order valence-electron chi connectivity index (χ2n) is 4.99. The normalized spacial score (nSPS) is 12.1. The SMILES string of the molecule is C=CCOc1ccccc1CNC(C)CCCCC. The van der Waals surface area contributed by atoms with Crippen LogP contribution in [0.15, 0.2) is 36.9 Å². The van der Waals surface area contributed by atoms with Crippen LogP contribution in [0.1, 0.15) is 45.1 Å². The third-order valence-electron chi connectivity index (χ3n) is 3.21. The smallest absolute Gasteiger partial charge is 0.124 e. The van der Waals surface area contributed by atoms with Gasteiger partial charge in [-0.25, -0.2) is 0 Å². The number of rotatable bonds is 10. The summed E-state index contributed by atoms with van der Waals surface area (Å²) in [7, 11) is 0. The van der Waals surface area contributed by atoms with Gasteiger partial charge in [-0.15, -0.1) is 0 Å². The van der Waals surface area contributed by atoms with Gasteiger partial charge in [-0.3, -0.25) is 0 Å². The van der Waals surface area contributed by atoms with Crippen LogP contribution in [0.25, 0.3) is 0 Å². The van der Waals surface area contributed by atoms with Crippen LogP contribution < -0.4 is 10.1 Å². The molecule has 1 N–H and O–H groups in total. The van der Waals surface area contributed by atoms with Crippen molar-refractivity contribution in [3.05, 3.63) is 42.5 Å². The number of hydrogen-bond acceptors (Lipinski definition) is 2. The fourth-order valence-corrected chi connectivity index (χ4v) is 2.03. The van der Waals surface area contributed by atoms with Crippen molar-refractivity contribution in [2.45, 2.75) is 52.1 Å². The van der Waals surface area contributed by atoms with E-state index in [0.29, 0.717) is 12.6 Å². The van der Waals surface area contributed by atoms with Gasteiger partial charge >= 0.3 is 0 Å². The largest absolute Gasteiger partial charge is 0.489 e. The zero-order valence-electron chi connectivity index (χ0n) is 12.3. The van der Waals surface area contributed by atoms with Gasteiger partial charge < -0.3 is 10.1 Å². The molecular weight excluding hydrogens is 234 g/mol. The average Bonchev–Trinajstić information content (AvgIpc) is 2.44. The summed E-state index contributed by atoms with van der Waals surface area (Å²) in [5.74, 6) is 0.954. The molecule has 0 heterocycles. The molecule has 0 radical (unpaired) electrons. The molecule has 0 saturated carbocycles. The molecule has 2 nitrogen and oxygen atoms in total. The van der Waals surface area contributed by atoms with Crippen LogP contribution in [0.3, 0.4) is 0 Å². The molecule has 1 aromatic carbocycles. The monoisotopic (exact) mass is 261 g/mol. The third kappa shape index (κ3) is 6.44. The Balaban J connectivity index is 2.41. The molecule has 0 saturated heterocycles. The van der Waals surface area contributed by atoms with Gasteiger partial charge in [0.1, 0.15) is 12.4 Å². The molecule has 19 heavy (non-hydrogen) atoms. The second kappa shape index (κ2) is 9.62. The van der Waals surface area contributed by atoms with Crippen molar-refractivity contribution < 1.29 is 4.74 Å². The third-order valence-corrected chi connectivity index (χ3v) is 3.21. The van der Waals surface area contributed by atoms with E-state index in [1.54, 1.807) is 6.08 Å². The second-order valence-corrected chi connectivity index (χ2v) is 4.99. The molecule has 0 aliphatic rings. The maximum absolute atomic E-state index is 5.66. The molecule has 0 fully saturated rings. The number of para-hydroxylation sites is 1. The maximum Gasteiger partial charge on any atom is 0.124 e. The van der Waals surface area contributed by atoms with Crippen molar-refractivity contribution >= 4 is 0 Å². The molecule has 1 unspecified atom stereocenters. The lowest BCUT2D eigenvalue weighted by molar-refractivity contribution is 0.356. The molecule has 1 atom stereocenters. The Kier molecular flexibility index (Phi) is 7.99. The lowest BCUT2D eigenvalue weighted by atomic mass is 10.1. The predicted octanol–water partition coefficient (Wildman–Crippen LogP) is 4.31. The van der Waals surface area contributed by atoms with Crippen LogP contribution in [0.2, 0.25) is 0 Å². The summed E-state index contributed by atoms with van der Waals surface area (Å²) in [6.07, 6.45) is 6.93. The minimum atomic E-state index is 0.555. The first-order chi connectivity index (χ1) is 9.27. The van der Waals surface area contributed by atoms with E-state index in [1.807, 2.05) is 12.1 Å². The van der Waals surface area contributed by atoms with Gasteiger partial charge in [-0.05, 0) is 19.4 Å². The standard InChI is InChI=1S/C17H27NO/c1-4-6-7-10-15(3)18-14-16-11-8-9-12-17(16)19-13-5-2/h5,8-9,11-12,15,18H,2,4,6-7,10,13-14H2,1,3H3. The first-order valence-electron chi connectivity index (χ1n) is 7.33. The summed E-state index contributed by atoms with van der Waals surface area (Å²) >= 11 is 0. The van der Waals surface area contributed by atoms with E-state index in [4.69, 9.17) is 4.74 Å². The van der Waals surface area contributed by atoms with E-state index in [1.165, 1.54) is 31.2 Å². The van der Waals surface area contributed by atoms with E-state index in [2.05, 4.69) is 37.9 Å². The highest BCUT2D eigenvalue weighted by Gasteiger charge is 2.05. The highest BCUT2D eigenvalue weighted by molar-refractivity contribution is 5.33. The quantitative estimate of drug-likeness (QED) is 0.500. The molecule has 106 valence electrons. The Hall–Kier alpha value is -1.28. The number of benzene rings is 1. The van der Waals surface area contributed by atoms with Crippen LogP contribution in [0.4, 0.5) is 0 Å². The van der Waals surface area contributed by atoms with E-state index >= 15 is 0 Å². The van der Waals surface area contributed by atoms with Gasteiger partial charge in [0.25, 0.3) is 0 Å². The van der Waals surface area contributed by atoms with Gasteiger partial charge in [0.2, 0.25) is 0 Å². The summed E-state index contributed by atoms with van der Waals surface area (Å²) < 4.78 is 5.66. The molecule has 0 amide bonds. The number of hydrogen-bond donors (Lipinski definition) is 1. The van der Waals surface area contributed by atoms with Crippen molar-refractivity contribution in [2.75, 3.05) is 6.61 Å². The Morgan fingerprint density at radius 1 is 1.32 bits per heavy atom. The van der Waals surface area contributed by atoms with Crippen molar-refractivity contribution in [2.24, 2.45) is 0 Å². The Labute approximate surface area is 117 Å². The Bertz CT molecular complexity index is 362. The molecule has 0 aliphatic heterocycles. The molecule has 1 rings (SSSR count). The van der Waals surface area contributed by atoms with Crippen LogP contribution in [-0.4, -0.2) is 12.6 Å². The number of nitrogens with one attached hydrogen (secondary N) is 1. The summed E-state index contributed by atoms with van der Waals surface area (Å²) in [5.41, 5.74) is 1.21. The zero-order valence-corrected chi connectivity index (χ0v) is 12.3. The van der Waals surface area contributed by atoms with Gasteiger partial charge in [0, 0.05) is 18.2 Å².